The molecule has 0 radical (unpaired) electrons. The summed E-state index contributed by atoms with van der Waals surface area (Å²) < 4.78 is 0. The number of Topliss-reactive ketones (excluding diaryl/α,β-unsaturated/α-hetero) is 1. The van der Waals surface area contributed by atoms with Crippen LogP contribution >= 0.6 is 0 Å². The van der Waals surface area contributed by atoms with Gasteiger partial charge in [-0.2, -0.15) is 0 Å². The van der Waals surface area contributed by atoms with Gasteiger partial charge < -0.3 is 0 Å². The number of benzene rings is 1. The molecule has 0 heterocycles. The van der Waals surface area contributed by atoms with Crippen LogP contribution in [0.15, 0.2) is 43.0 Å². The largest absolute Gasteiger partial charge is 0.299 e. The topological polar surface area (TPSA) is 17.1 Å². The van der Waals surface area contributed by atoms with Crippen LogP contribution in [0.1, 0.15) is 37.7 Å². The Morgan fingerprint density at radius 1 is 1.24 bits per heavy atom. The minimum Gasteiger partial charge on any atom is -0.299 e. The Balaban J connectivity index is 2.22. The zero-order valence-corrected chi connectivity index (χ0v) is 10.3. The molecule has 0 N–H and O–H groups in total. The summed E-state index contributed by atoms with van der Waals surface area (Å²) in [5, 5.41) is 0. The van der Waals surface area contributed by atoms with Crippen molar-refractivity contribution in [2.45, 2.75) is 38.5 Å². The van der Waals surface area contributed by atoms with E-state index in [2.05, 4.69) is 18.7 Å². The maximum Gasteiger partial charge on any atom is 0.139 e. The fourth-order valence-electron chi connectivity index (χ4n) is 2.89. The van der Waals surface area contributed by atoms with Crippen molar-refractivity contribution < 1.29 is 4.79 Å². The Morgan fingerprint density at radius 2 is 2.00 bits per heavy atom. The lowest BCUT2D eigenvalue weighted by Gasteiger charge is -2.35. The molecule has 1 heteroatoms. The molecule has 1 aliphatic rings. The molecule has 1 aliphatic carbocycles. The molecule has 1 fully saturated rings. The van der Waals surface area contributed by atoms with Crippen LogP contribution < -0.4 is 0 Å². The molecule has 1 atom stereocenters. The van der Waals surface area contributed by atoms with Gasteiger partial charge in [0, 0.05) is 11.8 Å². The molecule has 17 heavy (non-hydrogen) atoms. The second-order valence-electron chi connectivity index (χ2n) is 5.07. The van der Waals surface area contributed by atoms with Crippen LogP contribution in [0.2, 0.25) is 0 Å². The van der Waals surface area contributed by atoms with Gasteiger partial charge in [0.15, 0.2) is 0 Å². The van der Waals surface area contributed by atoms with Gasteiger partial charge in [0.1, 0.15) is 5.78 Å². The third-order valence-corrected chi connectivity index (χ3v) is 3.82. The first-order valence-corrected chi connectivity index (χ1v) is 6.45. The number of carbonyl (C=O) groups excluding carboxylic acids is 1. The van der Waals surface area contributed by atoms with Crippen molar-refractivity contribution in [3.8, 4) is 0 Å². The predicted octanol–water partition coefficient (Wildman–Crippen LogP) is 3.93. The summed E-state index contributed by atoms with van der Waals surface area (Å²) >= 11 is 0. The standard InChI is InChI=1S/C16H20O/c1-2-11-16(12-7-6-10-15(16)17)13-14-8-4-3-5-9-14/h2-5,8-9H,1,6-7,10-13H2/t16-/m1/s1. The second-order valence-corrected chi connectivity index (χ2v) is 5.07. The SMILES string of the molecule is C=CC[C@]1(Cc2ccccc2)CCCCC1=O. The molecule has 0 unspecified atom stereocenters. The average Bonchev–Trinajstić information content (AvgIpc) is 2.35. The summed E-state index contributed by atoms with van der Waals surface area (Å²) in [6.45, 7) is 3.82. The van der Waals surface area contributed by atoms with Crippen LogP contribution in [0.5, 0.6) is 0 Å². The minimum atomic E-state index is -0.165. The number of ketones is 1. The molecule has 1 nitrogen and oxygen atoms in total. The predicted molar refractivity (Wildman–Crippen MR) is 70.9 cm³/mol. The normalized spacial score (nSPS) is 24.6. The second kappa shape index (κ2) is 5.31. The molecule has 0 aromatic heterocycles. The Kier molecular flexibility index (Phi) is 3.78. The van der Waals surface area contributed by atoms with Crippen LogP contribution in [0.4, 0.5) is 0 Å². The minimum absolute atomic E-state index is 0.165. The van der Waals surface area contributed by atoms with Gasteiger partial charge in [-0.1, -0.05) is 42.8 Å². The molecule has 0 bridgehead atoms. The molecular weight excluding hydrogens is 208 g/mol. The highest BCUT2D eigenvalue weighted by atomic mass is 16.1. The summed E-state index contributed by atoms with van der Waals surface area (Å²) in [5.41, 5.74) is 1.10. The van der Waals surface area contributed by atoms with Crippen LogP contribution in [-0.2, 0) is 11.2 Å². The summed E-state index contributed by atoms with van der Waals surface area (Å²) in [5.74, 6) is 0.438. The summed E-state index contributed by atoms with van der Waals surface area (Å²) in [6, 6.07) is 10.3. The maximum absolute atomic E-state index is 12.3. The molecular formula is C16H20O. The van der Waals surface area contributed by atoms with Crippen molar-refractivity contribution in [3.63, 3.8) is 0 Å². The fraction of sp³-hybridized carbons (Fsp3) is 0.438. The molecule has 0 spiro atoms. The van der Waals surface area contributed by atoms with Gasteiger partial charge in [0.2, 0.25) is 0 Å². The van der Waals surface area contributed by atoms with E-state index >= 15 is 0 Å². The molecule has 0 amide bonds. The number of hydrogen-bond donors (Lipinski definition) is 0. The number of hydrogen-bond acceptors (Lipinski definition) is 1. The van der Waals surface area contributed by atoms with Crippen LogP contribution in [0, 0.1) is 5.41 Å². The Hall–Kier alpha value is -1.37. The molecule has 90 valence electrons. The first-order chi connectivity index (χ1) is 8.27. The van der Waals surface area contributed by atoms with Gasteiger partial charge >= 0.3 is 0 Å². The number of allylic oxidation sites excluding steroid dienone is 1. The number of carbonyl (C=O) groups is 1. The quantitative estimate of drug-likeness (QED) is 0.713. The van der Waals surface area contributed by atoms with Gasteiger partial charge in [-0.25, -0.2) is 0 Å². The third kappa shape index (κ3) is 2.66. The molecule has 1 saturated carbocycles. The Labute approximate surface area is 104 Å². The molecule has 0 aliphatic heterocycles. The fourth-order valence-corrected chi connectivity index (χ4v) is 2.89. The lowest BCUT2D eigenvalue weighted by molar-refractivity contribution is -0.131. The lowest BCUT2D eigenvalue weighted by atomic mass is 9.67. The van der Waals surface area contributed by atoms with Crippen molar-refractivity contribution in [3.05, 3.63) is 48.6 Å². The van der Waals surface area contributed by atoms with E-state index in [1.807, 2.05) is 24.3 Å². The average molecular weight is 228 g/mol. The van der Waals surface area contributed by atoms with Crippen molar-refractivity contribution >= 4 is 5.78 Å². The van der Waals surface area contributed by atoms with Crippen molar-refractivity contribution in [2.75, 3.05) is 0 Å². The molecule has 1 aromatic rings. The first kappa shape index (κ1) is 12.1. The van der Waals surface area contributed by atoms with Crippen LogP contribution in [0.3, 0.4) is 0 Å². The van der Waals surface area contributed by atoms with Gasteiger partial charge in [-0.05, 0) is 31.2 Å². The summed E-state index contributed by atoms with van der Waals surface area (Å²) in [7, 11) is 0. The zero-order chi connectivity index (χ0) is 12.1. The maximum atomic E-state index is 12.3. The van der Waals surface area contributed by atoms with E-state index in [-0.39, 0.29) is 5.41 Å². The molecule has 1 aromatic carbocycles. The smallest absolute Gasteiger partial charge is 0.139 e. The van der Waals surface area contributed by atoms with Crippen molar-refractivity contribution in [2.24, 2.45) is 5.41 Å². The van der Waals surface area contributed by atoms with Crippen molar-refractivity contribution in [1.29, 1.82) is 0 Å². The van der Waals surface area contributed by atoms with E-state index in [4.69, 9.17) is 0 Å². The van der Waals surface area contributed by atoms with E-state index in [9.17, 15) is 4.79 Å². The van der Waals surface area contributed by atoms with Gasteiger partial charge in [0.05, 0.1) is 0 Å². The van der Waals surface area contributed by atoms with Crippen molar-refractivity contribution in [1.82, 2.24) is 0 Å². The monoisotopic (exact) mass is 228 g/mol. The third-order valence-electron chi connectivity index (χ3n) is 3.82. The highest BCUT2D eigenvalue weighted by Gasteiger charge is 2.38. The number of rotatable bonds is 4. The molecule has 2 rings (SSSR count). The van der Waals surface area contributed by atoms with E-state index < -0.39 is 0 Å². The van der Waals surface area contributed by atoms with E-state index in [1.54, 1.807) is 0 Å². The summed E-state index contributed by atoms with van der Waals surface area (Å²) in [6.07, 6.45) is 7.61. The first-order valence-electron chi connectivity index (χ1n) is 6.45. The Morgan fingerprint density at radius 3 is 2.65 bits per heavy atom. The van der Waals surface area contributed by atoms with Crippen LogP contribution in [0.25, 0.3) is 0 Å². The summed E-state index contributed by atoms with van der Waals surface area (Å²) in [4.78, 5) is 12.3. The molecule has 0 saturated heterocycles. The van der Waals surface area contributed by atoms with E-state index in [1.165, 1.54) is 12.0 Å². The van der Waals surface area contributed by atoms with Gasteiger partial charge in [-0.3, -0.25) is 4.79 Å². The zero-order valence-electron chi connectivity index (χ0n) is 10.3. The van der Waals surface area contributed by atoms with Gasteiger partial charge in [-0.15, -0.1) is 6.58 Å². The van der Waals surface area contributed by atoms with Crippen LogP contribution in [-0.4, -0.2) is 5.78 Å². The van der Waals surface area contributed by atoms with E-state index in [0.29, 0.717) is 5.78 Å². The highest BCUT2D eigenvalue weighted by molar-refractivity contribution is 5.86. The highest BCUT2D eigenvalue weighted by Crippen LogP contribution is 2.39. The van der Waals surface area contributed by atoms with Gasteiger partial charge in [0.25, 0.3) is 0 Å². The van der Waals surface area contributed by atoms with E-state index in [0.717, 1.165) is 32.1 Å². The lowest BCUT2D eigenvalue weighted by Crippen LogP contribution is -2.35. The Bertz CT molecular complexity index is 393.